The molecule has 25 heavy (non-hydrogen) atoms. The van der Waals surface area contributed by atoms with Crippen molar-refractivity contribution in [3.05, 3.63) is 53.9 Å². The second-order valence-electron chi connectivity index (χ2n) is 6.26. The van der Waals surface area contributed by atoms with E-state index in [4.69, 9.17) is 5.73 Å². The molecule has 1 saturated heterocycles. The Labute approximate surface area is 161 Å². The molecule has 2 aromatic rings. The molecule has 0 radical (unpaired) electrons. The van der Waals surface area contributed by atoms with Crippen molar-refractivity contribution in [3.8, 4) is 0 Å². The van der Waals surface area contributed by atoms with Crippen LogP contribution in [0.4, 0.5) is 0 Å². The number of hydrogen-bond donors (Lipinski definition) is 1. The summed E-state index contributed by atoms with van der Waals surface area (Å²) in [5, 5.41) is 4.24. The molecule has 0 bridgehead atoms. The van der Waals surface area contributed by atoms with Crippen molar-refractivity contribution in [2.75, 3.05) is 13.1 Å². The van der Waals surface area contributed by atoms with Gasteiger partial charge in [0.2, 0.25) is 5.91 Å². The molecule has 3 rings (SSSR count). The van der Waals surface area contributed by atoms with Crippen LogP contribution in [-0.4, -0.2) is 33.7 Å². The second kappa shape index (κ2) is 9.80. The average molecular weight is 385 g/mol. The Morgan fingerprint density at radius 2 is 1.84 bits per heavy atom. The molecule has 2 N–H and O–H groups in total. The lowest BCUT2D eigenvalue weighted by atomic mass is 9.93. The van der Waals surface area contributed by atoms with Gasteiger partial charge in [-0.15, -0.1) is 24.8 Å². The normalized spacial score (nSPS) is 15.8. The number of carbonyl (C=O) groups is 1. The highest BCUT2D eigenvalue weighted by molar-refractivity contribution is 5.85. The van der Waals surface area contributed by atoms with Gasteiger partial charge in [-0.3, -0.25) is 9.48 Å². The van der Waals surface area contributed by atoms with Gasteiger partial charge in [0.05, 0.1) is 0 Å². The van der Waals surface area contributed by atoms with E-state index in [0.29, 0.717) is 12.3 Å². The predicted octanol–water partition coefficient (Wildman–Crippen LogP) is 3.06. The average Bonchev–Trinajstić information content (AvgIpc) is 3.02. The summed E-state index contributed by atoms with van der Waals surface area (Å²) in [4.78, 5) is 14.4. The van der Waals surface area contributed by atoms with Gasteiger partial charge >= 0.3 is 0 Å². The second-order valence-corrected chi connectivity index (χ2v) is 6.26. The first-order chi connectivity index (χ1) is 11.1. The third-order valence-corrected chi connectivity index (χ3v) is 4.75. The number of likely N-dealkylation sites (tertiary alicyclic amines) is 1. The van der Waals surface area contributed by atoms with Crippen LogP contribution in [-0.2, 0) is 11.8 Å². The van der Waals surface area contributed by atoms with E-state index in [1.807, 2.05) is 53.2 Å². The summed E-state index contributed by atoms with van der Waals surface area (Å²) in [6, 6.07) is 11.7. The quantitative estimate of drug-likeness (QED) is 0.880. The van der Waals surface area contributed by atoms with Gasteiger partial charge in [0.25, 0.3) is 0 Å². The van der Waals surface area contributed by atoms with Crippen molar-refractivity contribution in [1.82, 2.24) is 14.7 Å². The van der Waals surface area contributed by atoms with Crippen LogP contribution in [0.3, 0.4) is 0 Å². The Balaban J connectivity index is 0.00000156. The first kappa shape index (κ1) is 21.5. The minimum absolute atomic E-state index is 0. The van der Waals surface area contributed by atoms with Gasteiger partial charge in [-0.2, -0.15) is 5.10 Å². The van der Waals surface area contributed by atoms with Crippen LogP contribution < -0.4 is 5.73 Å². The van der Waals surface area contributed by atoms with Crippen molar-refractivity contribution >= 4 is 30.7 Å². The number of carbonyl (C=O) groups excluding carboxylic acids is 1. The molecule has 1 aliphatic rings. The van der Waals surface area contributed by atoms with Gasteiger partial charge < -0.3 is 10.6 Å². The van der Waals surface area contributed by atoms with Crippen molar-refractivity contribution in [3.63, 3.8) is 0 Å². The Kier molecular flexibility index (Phi) is 8.42. The topological polar surface area (TPSA) is 64.2 Å². The molecule has 1 atom stereocenters. The molecule has 2 heterocycles. The van der Waals surface area contributed by atoms with E-state index in [0.717, 1.165) is 31.5 Å². The molecule has 1 aromatic heterocycles. The van der Waals surface area contributed by atoms with Gasteiger partial charge in [0.15, 0.2) is 0 Å². The molecule has 1 fully saturated rings. The molecule has 0 spiro atoms. The summed E-state index contributed by atoms with van der Waals surface area (Å²) < 4.78 is 1.94. The molecule has 138 valence electrons. The van der Waals surface area contributed by atoms with Crippen LogP contribution in [0.2, 0.25) is 0 Å². The minimum Gasteiger partial charge on any atom is -0.343 e. The first-order valence-electron chi connectivity index (χ1n) is 8.21. The lowest BCUT2D eigenvalue weighted by molar-refractivity contribution is -0.132. The van der Waals surface area contributed by atoms with Gasteiger partial charge in [-0.25, -0.2) is 0 Å². The number of halogens is 2. The van der Waals surface area contributed by atoms with Crippen molar-refractivity contribution in [2.24, 2.45) is 12.8 Å². The fourth-order valence-electron chi connectivity index (χ4n) is 3.34. The van der Waals surface area contributed by atoms with Gasteiger partial charge in [0, 0.05) is 50.4 Å². The highest BCUT2D eigenvalue weighted by Gasteiger charge is 2.26. The van der Waals surface area contributed by atoms with Crippen LogP contribution in [0.5, 0.6) is 0 Å². The van der Waals surface area contributed by atoms with Gasteiger partial charge in [-0.1, -0.05) is 30.3 Å². The fourth-order valence-corrected chi connectivity index (χ4v) is 3.34. The van der Waals surface area contributed by atoms with Crippen LogP contribution in [0, 0.1) is 0 Å². The summed E-state index contributed by atoms with van der Waals surface area (Å²) in [5.41, 5.74) is 8.45. The Bertz CT molecular complexity index is 654. The fraction of sp³-hybridized carbons (Fsp3) is 0.444. The predicted molar refractivity (Wildman–Crippen MR) is 104 cm³/mol. The number of aryl methyl sites for hydroxylation is 1. The molecule has 1 aromatic carbocycles. The first-order valence-corrected chi connectivity index (χ1v) is 8.21. The van der Waals surface area contributed by atoms with E-state index in [1.165, 1.54) is 5.69 Å². The van der Waals surface area contributed by atoms with Gasteiger partial charge in [0.1, 0.15) is 0 Å². The summed E-state index contributed by atoms with van der Waals surface area (Å²) in [5.74, 6) is 0.652. The molecular formula is C18H26Cl2N4O. The van der Waals surface area contributed by atoms with E-state index in [9.17, 15) is 4.79 Å². The lowest BCUT2D eigenvalue weighted by Crippen LogP contribution is -2.39. The smallest absolute Gasteiger partial charge is 0.224 e. The zero-order chi connectivity index (χ0) is 16.2. The van der Waals surface area contributed by atoms with E-state index in [-0.39, 0.29) is 36.8 Å². The lowest BCUT2D eigenvalue weighted by Gasteiger charge is -2.32. The van der Waals surface area contributed by atoms with Gasteiger partial charge in [-0.05, 0) is 24.5 Å². The molecule has 5 nitrogen and oxygen atoms in total. The molecule has 1 aliphatic heterocycles. The van der Waals surface area contributed by atoms with Crippen LogP contribution in [0.1, 0.15) is 42.5 Å². The van der Waals surface area contributed by atoms with E-state index in [2.05, 4.69) is 11.2 Å². The molecular weight excluding hydrogens is 359 g/mol. The SMILES string of the molecule is Cl.Cl.Cn1nccc1C1CCN(C(=O)CC(N)c2ccccc2)CC1. The molecule has 1 unspecified atom stereocenters. The van der Waals surface area contributed by atoms with E-state index >= 15 is 0 Å². The molecule has 7 heteroatoms. The molecule has 0 aliphatic carbocycles. The van der Waals surface area contributed by atoms with Crippen LogP contribution in [0.25, 0.3) is 0 Å². The largest absolute Gasteiger partial charge is 0.343 e. The third kappa shape index (κ3) is 5.21. The number of piperidine rings is 1. The summed E-state index contributed by atoms with van der Waals surface area (Å²) in [7, 11) is 1.98. The zero-order valence-electron chi connectivity index (χ0n) is 14.4. The number of amides is 1. The number of hydrogen-bond acceptors (Lipinski definition) is 3. The Hall–Kier alpha value is -1.56. The number of nitrogens with two attached hydrogens (primary N) is 1. The monoisotopic (exact) mass is 384 g/mol. The maximum absolute atomic E-state index is 12.5. The molecule has 1 amide bonds. The Morgan fingerprint density at radius 1 is 1.20 bits per heavy atom. The maximum Gasteiger partial charge on any atom is 0.224 e. The van der Waals surface area contributed by atoms with Crippen molar-refractivity contribution in [1.29, 1.82) is 0 Å². The minimum atomic E-state index is -0.224. The number of benzene rings is 1. The van der Waals surface area contributed by atoms with Crippen molar-refractivity contribution < 1.29 is 4.79 Å². The molecule has 0 saturated carbocycles. The number of nitrogens with zero attached hydrogens (tertiary/aromatic N) is 3. The highest BCUT2D eigenvalue weighted by Crippen LogP contribution is 2.28. The summed E-state index contributed by atoms with van der Waals surface area (Å²) in [6.07, 6.45) is 4.20. The standard InChI is InChI=1S/C18H24N4O.2ClH/c1-21-17(7-10-20-21)15-8-11-22(12-9-15)18(23)13-16(19)14-5-3-2-4-6-14;;/h2-7,10,15-16H,8-9,11-13,19H2,1H3;2*1H. The summed E-state index contributed by atoms with van der Waals surface area (Å²) >= 11 is 0. The van der Waals surface area contributed by atoms with E-state index in [1.54, 1.807) is 0 Å². The zero-order valence-corrected chi connectivity index (χ0v) is 16.0. The Morgan fingerprint density at radius 3 is 2.40 bits per heavy atom. The summed E-state index contributed by atoms with van der Waals surface area (Å²) in [6.45, 7) is 1.60. The number of aromatic nitrogens is 2. The number of rotatable bonds is 4. The maximum atomic E-state index is 12.5. The highest BCUT2D eigenvalue weighted by atomic mass is 35.5. The third-order valence-electron chi connectivity index (χ3n) is 4.75. The van der Waals surface area contributed by atoms with E-state index < -0.39 is 0 Å². The van der Waals surface area contributed by atoms with Crippen LogP contribution in [0.15, 0.2) is 42.6 Å². The van der Waals surface area contributed by atoms with Crippen LogP contribution >= 0.6 is 24.8 Å². The van der Waals surface area contributed by atoms with Crippen molar-refractivity contribution in [2.45, 2.75) is 31.2 Å².